The van der Waals surface area contributed by atoms with E-state index in [-0.39, 0.29) is 24.1 Å². The summed E-state index contributed by atoms with van der Waals surface area (Å²) in [7, 11) is 0. The molecule has 0 spiro atoms. The van der Waals surface area contributed by atoms with Crippen LogP contribution in [0.4, 0.5) is 4.39 Å². The maximum atomic E-state index is 13.3. The van der Waals surface area contributed by atoms with E-state index in [0.717, 1.165) is 19.5 Å². The van der Waals surface area contributed by atoms with E-state index in [2.05, 4.69) is 20.8 Å². The van der Waals surface area contributed by atoms with Gasteiger partial charge in [0.2, 0.25) is 17.6 Å². The first-order valence-electron chi connectivity index (χ1n) is 9.18. The fourth-order valence-corrected chi connectivity index (χ4v) is 3.15. The minimum absolute atomic E-state index is 0. The Morgan fingerprint density at radius 3 is 3.04 bits per heavy atom. The van der Waals surface area contributed by atoms with Crippen LogP contribution >= 0.6 is 12.4 Å². The highest BCUT2D eigenvalue weighted by Crippen LogP contribution is 2.19. The molecule has 2 heterocycles. The highest BCUT2D eigenvalue weighted by atomic mass is 35.5. The Morgan fingerprint density at radius 2 is 2.30 bits per heavy atom. The molecule has 0 aliphatic carbocycles. The number of benzene rings is 1. The van der Waals surface area contributed by atoms with Crippen molar-refractivity contribution in [1.29, 1.82) is 0 Å². The van der Waals surface area contributed by atoms with Crippen LogP contribution in [0.1, 0.15) is 37.1 Å². The van der Waals surface area contributed by atoms with Gasteiger partial charge in [0.25, 0.3) is 0 Å². The average Bonchev–Trinajstić information content (AvgIpc) is 3.12. The predicted octanol–water partition coefficient (Wildman–Crippen LogP) is 3.04. The number of rotatable bonds is 7. The number of aryl methyl sites for hydroxylation is 2. The second kappa shape index (κ2) is 10.4. The van der Waals surface area contributed by atoms with Crippen LogP contribution in [0.2, 0.25) is 0 Å². The van der Waals surface area contributed by atoms with Crippen molar-refractivity contribution in [3.05, 3.63) is 35.5 Å². The molecule has 0 bridgehead atoms. The Morgan fingerprint density at radius 1 is 1.44 bits per heavy atom. The number of aromatic nitrogens is 2. The molecule has 2 N–H and O–H groups in total. The SMILES string of the molecule is Cc1cc(-c2noc(CCC(=O)NCCC3CCCNC3)n2)ccc1F.Cl. The zero-order valence-electron chi connectivity index (χ0n) is 15.5. The number of carbonyl (C=O) groups excluding carboxylic acids is 1. The van der Waals surface area contributed by atoms with Crippen LogP contribution in [0.5, 0.6) is 0 Å². The zero-order chi connectivity index (χ0) is 18.4. The van der Waals surface area contributed by atoms with Crippen molar-refractivity contribution < 1.29 is 13.7 Å². The molecular formula is C19H26ClFN4O2. The standard InChI is InChI=1S/C19H25FN4O2.ClH/c1-13-11-15(4-5-16(13)20)19-23-18(26-24-19)7-6-17(25)22-10-8-14-3-2-9-21-12-14;/h4-5,11,14,21H,2-3,6-10,12H2,1H3,(H,22,25);1H. The van der Waals surface area contributed by atoms with E-state index >= 15 is 0 Å². The summed E-state index contributed by atoms with van der Waals surface area (Å²) in [4.78, 5) is 16.2. The summed E-state index contributed by atoms with van der Waals surface area (Å²) in [6, 6.07) is 4.68. The molecule has 0 saturated carbocycles. The van der Waals surface area contributed by atoms with Crippen LogP contribution in [0, 0.1) is 18.7 Å². The van der Waals surface area contributed by atoms with Crippen molar-refractivity contribution in [2.45, 2.75) is 39.0 Å². The first-order valence-corrected chi connectivity index (χ1v) is 9.18. The lowest BCUT2D eigenvalue weighted by molar-refractivity contribution is -0.121. The lowest BCUT2D eigenvalue weighted by atomic mass is 9.96. The number of piperidine rings is 1. The maximum Gasteiger partial charge on any atom is 0.227 e. The Balaban J connectivity index is 0.00000261. The van der Waals surface area contributed by atoms with Gasteiger partial charge in [-0.15, -0.1) is 12.4 Å². The molecular weight excluding hydrogens is 371 g/mol. The van der Waals surface area contributed by atoms with E-state index in [1.54, 1.807) is 19.1 Å². The molecule has 1 saturated heterocycles. The van der Waals surface area contributed by atoms with Crippen molar-refractivity contribution >= 4 is 18.3 Å². The fraction of sp³-hybridized carbons (Fsp3) is 0.526. The normalized spacial score (nSPS) is 16.6. The Labute approximate surface area is 164 Å². The van der Waals surface area contributed by atoms with Gasteiger partial charge in [-0.3, -0.25) is 4.79 Å². The molecule has 27 heavy (non-hydrogen) atoms. The topological polar surface area (TPSA) is 80.0 Å². The second-order valence-electron chi connectivity index (χ2n) is 6.83. The van der Waals surface area contributed by atoms with Gasteiger partial charge in [0.15, 0.2) is 0 Å². The number of carbonyl (C=O) groups is 1. The Kier molecular flexibility index (Phi) is 8.19. The quantitative estimate of drug-likeness (QED) is 0.751. The number of hydrogen-bond donors (Lipinski definition) is 2. The number of amides is 1. The average molecular weight is 397 g/mol. The molecule has 1 aliphatic rings. The van der Waals surface area contributed by atoms with Crippen LogP contribution in [0.25, 0.3) is 11.4 Å². The molecule has 2 aromatic rings. The summed E-state index contributed by atoms with van der Waals surface area (Å²) in [6.45, 7) is 4.54. The van der Waals surface area contributed by atoms with Gasteiger partial charge >= 0.3 is 0 Å². The molecule has 3 rings (SSSR count). The van der Waals surface area contributed by atoms with Gasteiger partial charge in [-0.2, -0.15) is 4.98 Å². The van der Waals surface area contributed by atoms with E-state index in [0.29, 0.717) is 48.1 Å². The van der Waals surface area contributed by atoms with E-state index in [9.17, 15) is 9.18 Å². The van der Waals surface area contributed by atoms with Gasteiger partial charge in [-0.25, -0.2) is 4.39 Å². The van der Waals surface area contributed by atoms with Crippen LogP contribution in [-0.4, -0.2) is 35.7 Å². The summed E-state index contributed by atoms with van der Waals surface area (Å²) >= 11 is 0. The van der Waals surface area contributed by atoms with Crippen LogP contribution in [-0.2, 0) is 11.2 Å². The highest BCUT2D eigenvalue weighted by Gasteiger charge is 2.14. The molecule has 148 valence electrons. The van der Waals surface area contributed by atoms with Crippen LogP contribution in [0.3, 0.4) is 0 Å². The summed E-state index contributed by atoms with van der Waals surface area (Å²) in [6.07, 6.45) is 4.16. The van der Waals surface area contributed by atoms with Crippen LogP contribution < -0.4 is 10.6 Å². The van der Waals surface area contributed by atoms with E-state index in [1.807, 2.05) is 0 Å². The van der Waals surface area contributed by atoms with E-state index < -0.39 is 0 Å². The third kappa shape index (κ3) is 6.29. The molecule has 1 atom stereocenters. The predicted molar refractivity (Wildman–Crippen MR) is 103 cm³/mol. The molecule has 8 heteroatoms. The van der Waals surface area contributed by atoms with Gasteiger partial charge in [0, 0.05) is 24.9 Å². The van der Waals surface area contributed by atoms with Gasteiger partial charge in [-0.05, 0) is 69.0 Å². The second-order valence-corrected chi connectivity index (χ2v) is 6.83. The molecule has 1 unspecified atom stereocenters. The first kappa shape index (κ1) is 21.3. The van der Waals surface area contributed by atoms with Gasteiger partial charge < -0.3 is 15.2 Å². The van der Waals surface area contributed by atoms with Crippen molar-refractivity contribution in [3.63, 3.8) is 0 Å². The third-order valence-electron chi connectivity index (χ3n) is 4.72. The molecule has 1 aromatic heterocycles. The fourth-order valence-electron chi connectivity index (χ4n) is 3.15. The van der Waals surface area contributed by atoms with Gasteiger partial charge in [0.1, 0.15) is 5.82 Å². The lowest BCUT2D eigenvalue weighted by Crippen LogP contribution is -2.33. The third-order valence-corrected chi connectivity index (χ3v) is 4.72. The molecule has 6 nitrogen and oxygen atoms in total. The summed E-state index contributed by atoms with van der Waals surface area (Å²) in [5.74, 6) is 1.20. The number of nitrogens with one attached hydrogen (secondary N) is 2. The number of nitrogens with zero attached hydrogens (tertiary/aromatic N) is 2. The molecule has 1 amide bonds. The molecule has 1 fully saturated rings. The zero-order valence-corrected chi connectivity index (χ0v) is 16.3. The van der Waals surface area contributed by atoms with Crippen molar-refractivity contribution in [1.82, 2.24) is 20.8 Å². The lowest BCUT2D eigenvalue weighted by Gasteiger charge is -2.22. The minimum atomic E-state index is -0.266. The number of halogens is 2. The Hall–Kier alpha value is -1.99. The van der Waals surface area contributed by atoms with Gasteiger partial charge in [-0.1, -0.05) is 5.16 Å². The van der Waals surface area contributed by atoms with Crippen molar-refractivity contribution in [2.75, 3.05) is 19.6 Å². The summed E-state index contributed by atoms with van der Waals surface area (Å²) in [5.41, 5.74) is 1.23. The minimum Gasteiger partial charge on any atom is -0.356 e. The Bertz CT molecular complexity index is 747. The first-order chi connectivity index (χ1) is 12.6. The maximum absolute atomic E-state index is 13.3. The largest absolute Gasteiger partial charge is 0.356 e. The van der Waals surface area contributed by atoms with Crippen molar-refractivity contribution in [3.8, 4) is 11.4 Å². The van der Waals surface area contributed by atoms with E-state index in [1.165, 1.54) is 18.9 Å². The summed E-state index contributed by atoms with van der Waals surface area (Å²) in [5, 5.41) is 10.2. The van der Waals surface area contributed by atoms with Gasteiger partial charge in [0.05, 0.1) is 0 Å². The smallest absolute Gasteiger partial charge is 0.227 e. The van der Waals surface area contributed by atoms with Crippen molar-refractivity contribution in [2.24, 2.45) is 5.92 Å². The molecule has 0 radical (unpaired) electrons. The summed E-state index contributed by atoms with van der Waals surface area (Å²) < 4.78 is 18.5. The monoisotopic (exact) mass is 396 g/mol. The highest BCUT2D eigenvalue weighted by molar-refractivity contribution is 5.85. The van der Waals surface area contributed by atoms with E-state index in [4.69, 9.17) is 4.52 Å². The van der Waals surface area contributed by atoms with Crippen LogP contribution in [0.15, 0.2) is 22.7 Å². The number of hydrogen-bond acceptors (Lipinski definition) is 5. The molecule has 1 aromatic carbocycles. The molecule has 1 aliphatic heterocycles.